The molecule has 0 radical (unpaired) electrons. The molecule has 0 saturated carbocycles. The zero-order valence-electron chi connectivity index (χ0n) is 12.3. The molecule has 2 rings (SSSR count). The molecule has 0 amide bonds. The Kier molecular flexibility index (Phi) is 5.61. The molecule has 1 fully saturated rings. The minimum atomic E-state index is 0.499. The van der Waals surface area contributed by atoms with Crippen molar-refractivity contribution >= 4 is 23.0 Å². The van der Waals surface area contributed by atoms with Crippen LogP contribution in [0.1, 0.15) is 6.92 Å². The second kappa shape index (κ2) is 7.45. The van der Waals surface area contributed by atoms with Gasteiger partial charge in [-0.15, -0.1) is 0 Å². The fraction of sp³-hybridized carbons (Fsp3) is 0.533. The van der Waals surface area contributed by atoms with Crippen LogP contribution >= 0.6 is 12.2 Å². The Hall–Kier alpha value is -1.33. The summed E-state index contributed by atoms with van der Waals surface area (Å²) in [5, 5.41) is 6.90. The topological polar surface area (TPSA) is 30.5 Å². The normalized spacial score (nSPS) is 17.6. The monoisotopic (exact) mass is 292 g/mol. The molecule has 0 aromatic heterocycles. The summed E-state index contributed by atoms with van der Waals surface area (Å²) < 4.78 is 0. The lowest BCUT2D eigenvalue weighted by Gasteiger charge is -2.39. The first-order chi connectivity index (χ1) is 9.70. The number of thiocarbonyl (C=S) groups is 1. The number of nitrogens with one attached hydrogen (secondary N) is 2. The third kappa shape index (κ3) is 4.08. The van der Waals surface area contributed by atoms with Crippen molar-refractivity contribution in [3.05, 3.63) is 30.3 Å². The molecule has 0 spiro atoms. The predicted octanol–water partition coefficient (Wildman–Crippen LogP) is 1.29. The Balaban J connectivity index is 1.77. The van der Waals surface area contributed by atoms with Gasteiger partial charge in [0, 0.05) is 51.5 Å². The minimum absolute atomic E-state index is 0.499. The van der Waals surface area contributed by atoms with Crippen molar-refractivity contribution in [2.45, 2.75) is 13.0 Å². The quantitative estimate of drug-likeness (QED) is 0.817. The van der Waals surface area contributed by atoms with Crippen molar-refractivity contribution in [3.8, 4) is 0 Å². The maximum absolute atomic E-state index is 5.11. The van der Waals surface area contributed by atoms with Gasteiger partial charge in [-0.1, -0.05) is 18.2 Å². The van der Waals surface area contributed by atoms with Crippen LogP contribution in [0.25, 0.3) is 0 Å². The molecular formula is C15H24N4S. The number of benzene rings is 1. The first-order valence-electron chi connectivity index (χ1n) is 7.20. The second-order valence-corrected chi connectivity index (χ2v) is 5.58. The molecule has 5 heteroatoms. The molecule has 1 atom stereocenters. The Morgan fingerprint density at radius 3 is 2.45 bits per heavy atom. The number of para-hydroxylation sites is 1. The van der Waals surface area contributed by atoms with Crippen molar-refractivity contribution in [1.29, 1.82) is 0 Å². The molecule has 1 aromatic rings. The molecule has 1 aliphatic heterocycles. The van der Waals surface area contributed by atoms with Gasteiger partial charge in [0.1, 0.15) is 0 Å². The fourth-order valence-electron chi connectivity index (χ4n) is 2.52. The van der Waals surface area contributed by atoms with Crippen LogP contribution in [0.5, 0.6) is 0 Å². The number of rotatable bonds is 4. The lowest BCUT2D eigenvalue weighted by atomic mass is 10.2. The van der Waals surface area contributed by atoms with E-state index in [0.29, 0.717) is 6.04 Å². The second-order valence-electron chi connectivity index (χ2n) is 5.17. The van der Waals surface area contributed by atoms with Gasteiger partial charge in [-0.25, -0.2) is 0 Å². The molecular weight excluding hydrogens is 268 g/mol. The summed E-state index contributed by atoms with van der Waals surface area (Å²) in [6.45, 7) is 7.53. The van der Waals surface area contributed by atoms with Gasteiger partial charge in [0.25, 0.3) is 0 Å². The first-order valence-corrected chi connectivity index (χ1v) is 7.61. The van der Waals surface area contributed by atoms with Crippen LogP contribution < -0.4 is 15.5 Å². The van der Waals surface area contributed by atoms with Crippen LogP contribution in [0.2, 0.25) is 0 Å². The molecule has 0 aliphatic carbocycles. The van der Waals surface area contributed by atoms with Crippen LogP contribution in [0.3, 0.4) is 0 Å². The molecule has 4 nitrogen and oxygen atoms in total. The van der Waals surface area contributed by atoms with Crippen molar-refractivity contribution in [3.63, 3.8) is 0 Å². The van der Waals surface area contributed by atoms with E-state index in [9.17, 15) is 0 Å². The maximum atomic E-state index is 5.11. The Bertz CT molecular complexity index is 415. The van der Waals surface area contributed by atoms with E-state index in [1.807, 2.05) is 7.05 Å². The van der Waals surface area contributed by atoms with E-state index in [2.05, 4.69) is 57.7 Å². The van der Waals surface area contributed by atoms with E-state index in [4.69, 9.17) is 12.2 Å². The van der Waals surface area contributed by atoms with E-state index < -0.39 is 0 Å². The van der Waals surface area contributed by atoms with Crippen molar-refractivity contribution < 1.29 is 0 Å². The zero-order valence-corrected chi connectivity index (χ0v) is 13.1. The van der Waals surface area contributed by atoms with Crippen molar-refractivity contribution in [2.75, 3.05) is 44.7 Å². The smallest absolute Gasteiger partial charge is 0.166 e. The van der Waals surface area contributed by atoms with Crippen LogP contribution in [0.4, 0.5) is 5.69 Å². The van der Waals surface area contributed by atoms with Crippen LogP contribution in [-0.2, 0) is 0 Å². The molecule has 20 heavy (non-hydrogen) atoms. The summed E-state index contributed by atoms with van der Waals surface area (Å²) in [6, 6.07) is 11.1. The largest absolute Gasteiger partial charge is 0.369 e. The van der Waals surface area contributed by atoms with Crippen LogP contribution in [0, 0.1) is 0 Å². The summed E-state index contributed by atoms with van der Waals surface area (Å²) >= 11 is 5.11. The third-order valence-electron chi connectivity index (χ3n) is 3.84. The van der Waals surface area contributed by atoms with Crippen LogP contribution in [0.15, 0.2) is 30.3 Å². The molecule has 1 aromatic carbocycles. The summed E-state index contributed by atoms with van der Waals surface area (Å²) in [4.78, 5) is 4.97. The highest BCUT2D eigenvalue weighted by Gasteiger charge is 2.21. The van der Waals surface area contributed by atoms with Gasteiger partial charge in [0.15, 0.2) is 5.11 Å². The standard InChI is InChI=1S/C15H24N4S/c1-13(12-17-15(20)16-2)18-8-10-19(11-9-18)14-6-4-3-5-7-14/h3-7,13H,8-12H2,1-2H3,(H2,16,17,20)/t13-/m1/s1. The first kappa shape index (κ1) is 15.1. The Morgan fingerprint density at radius 2 is 1.85 bits per heavy atom. The Morgan fingerprint density at radius 1 is 1.20 bits per heavy atom. The number of anilines is 1. The summed E-state index contributed by atoms with van der Waals surface area (Å²) in [5.41, 5.74) is 1.33. The SMILES string of the molecule is CNC(=S)NC[C@@H](C)N1CCN(c2ccccc2)CC1. The van der Waals surface area contributed by atoms with Gasteiger partial charge in [-0.05, 0) is 31.3 Å². The Labute approximate surface area is 127 Å². The molecule has 1 heterocycles. The lowest BCUT2D eigenvalue weighted by Crippen LogP contribution is -2.52. The lowest BCUT2D eigenvalue weighted by molar-refractivity contribution is 0.197. The van der Waals surface area contributed by atoms with Gasteiger partial charge < -0.3 is 15.5 Å². The molecule has 0 unspecified atom stereocenters. The molecule has 0 bridgehead atoms. The number of hydrogen-bond donors (Lipinski definition) is 2. The van der Waals surface area contributed by atoms with E-state index >= 15 is 0 Å². The molecule has 2 N–H and O–H groups in total. The van der Waals surface area contributed by atoms with E-state index in [-0.39, 0.29) is 0 Å². The number of nitrogens with zero attached hydrogens (tertiary/aromatic N) is 2. The van der Waals surface area contributed by atoms with E-state index in [1.165, 1.54) is 5.69 Å². The van der Waals surface area contributed by atoms with Gasteiger partial charge in [0.05, 0.1) is 0 Å². The average Bonchev–Trinajstić information content (AvgIpc) is 2.53. The zero-order chi connectivity index (χ0) is 14.4. The summed E-state index contributed by atoms with van der Waals surface area (Å²) in [5.74, 6) is 0. The van der Waals surface area contributed by atoms with Crippen molar-refractivity contribution in [2.24, 2.45) is 0 Å². The van der Waals surface area contributed by atoms with Crippen LogP contribution in [-0.4, -0.2) is 55.8 Å². The van der Waals surface area contributed by atoms with Gasteiger partial charge in [-0.2, -0.15) is 0 Å². The third-order valence-corrected chi connectivity index (χ3v) is 4.19. The highest BCUT2D eigenvalue weighted by atomic mass is 32.1. The maximum Gasteiger partial charge on any atom is 0.166 e. The highest BCUT2D eigenvalue weighted by molar-refractivity contribution is 7.80. The van der Waals surface area contributed by atoms with Gasteiger partial charge >= 0.3 is 0 Å². The fourth-order valence-corrected chi connectivity index (χ4v) is 2.60. The van der Waals surface area contributed by atoms with E-state index in [1.54, 1.807) is 0 Å². The van der Waals surface area contributed by atoms with Gasteiger partial charge in [0.2, 0.25) is 0 Å². The van der Waals surface area contributed by atoms with E-state index in [0.717, 1.165) is 37.8 Å². The number of hydrogen-bond acceptors (Lipinski definition) is 3. The molecule has 1 aliphatic rings. The highest BCUT2D eigenvalue weighted by Crippen LogP contribution is 2.16. The summed E-state index contributed by atoms with van der Waals surface area (Å²) in [6.07, 6.45) is 0. The predicted molar refractivity (Wildman–Crippen MR) is 89.4 cm³/mol. The molecule has 1 saturated heterocycles. The summed E-state index contributed by atoms with van der Waals surface area (Å²) in [7, 11) is 1.85. The minimum Gasteiger partial charge on any atom is -0.369 e. The van der Waals surface area contributed by atoms with Gasteiger partial charge in [-0.3, -0.25) is 4.90 Å². The van der Waals surface area contributed by atoms with Crippen molar-refractivity contribution in [1.82, 2.24) is 15.5 Å². The number of piperazine rings is 1. The average molecular weight is 292 g/mol. The molecule has 110 valence electrons.